The van der Waals surface area contributed by atoms with Crippen LogP contribution in [0.5, 0.6) is 0 Å². The van der Waals surface area contributed by atoms with Crippen LogP contribution in [0.4, 0.5) is 0 Å². The van der Waals surface area contributed by atoms with E-state index in [1.165, 1.54) is 17.7 Å². The smallest absolute Gasteiger partial charge is 0.251 e. The molecule has 0 unspecified atom stereocenters. The summed E-state index contributed by atoms with van der Waals surface area (Å²) in [5.41, 5.74) is 2.02. The molecule has 0 saturated heterocycles. The molecule has 1 amide bonds. The molecule has 0 saturated carbocycles. The largest absolute Gasteiger partial charge is 0.275 e. The van der Waals surface area contributed by atoms with Gasteiger partial charge in [-0.25, -0.2) is 10.0 Å². The molecule has 1 heterocycles. The Labute approximate surface area is 116 Å². The van der Waals surface area contributed by atoms with Crippen molar-refractivity contribution in [2.75, 3.05) is 14.2 Å². The van der Waals surface area contributed by atoms with Crippen LogP contribution >= 0.6 is 11.3 Å². The Bertz CT molecular complexity index is 539. The first-order valence-corrected chi connectivity index (χ1v) is 6.85. The van der Waals surface area contributed by atoms with Crippen molar-refractivity contribution < 1.29 is 9.63 Å². The fourth-order valence-corrected chi connectivity index (χ4v) is 2.48. The molecule has 0 atom stereocenters. The van der Waals surface area contributed by atoms with Crippen LogP contribution in [0.2, 0.25) is 0 Å². The molecular weight excluding hydrogens is 260 g/mol. The van der Waals surface area contributed by atoms with E-state index in [0.717, 1.165) is 17.1 Å². The standard InChI is InChI=1S/C14H16N2O2S/c1-16(18-2)14(17)9-12-10-19-13(15-12)8-11-6-4-3-5-7-11/h3-7,10H,8-9H2,1-2H3. The van der Waals surface area contributed by atoms with E-state index in [0.29, 0.717) is 0 Å². The van der Waals surface area contributed by atoms with E-state index in [1.807, 2.05) is 23.6 Å². The number of hydrogen-bond acceptors (Lipinski definition) is 4. The molecule has 100 valence electrons. The monoisotopic (exact) mass is 276 g/mol. The van der Waals surface area contributed by atoms with E-state index in [9.17, 15) is 4.79 Å². The highest BCUT2D eigenvalue weighted by molar-refractivity contribution is 7.09. The van der Waals surface area contributed by atoms with Gasteiger partial charge in [-0.2, -0.15) is 0 Å². The molecule has 2 rings (SSSR count). The first kappa shape index (κ1) is 13.7. The molecule has 19 heavy (non-hydrogen) atoms. The minimum Gasteiger partial charge on any atom is -0.275 e. The molecule has 0 N–H and O–H groups in total. The Hall–Kier alpha value is -1.72. The van der Waals surface area contributed by atoms with Gasteiger partial charge in [-0.05, 0) is 5.56 Å². The van der Waals surface area contributed by atoms with E-state index >= 15 is 0 Å². The molecule has 0 aliphatic heterocycles. The highest BCUT2D eigenvalue weighted by Gasteiger charge is 2.11. The predicted molar refractivity (Wildman–Crippen MR) is 74.8 cm³/mol. The number of thiazole rings is 1. The summed E-state index contributed by atoms with van der Waals surface area (Å²) >= 11 is 1.58. The Morgan fingerprint density at radius 1 is 1.37 bits per heavy atom. The van der Waals surface area contributed by atoms with Gasteiger partial charge in [0.05, 0.1) is 24.2 Å². The van der Waals surface area contributed by atoms with E-state index in [2.05, 4.69) is 17.1 Å². The van der Waals surface area contributed by atoms with Crippen LogP contribution < -0.4 is 0 Å². The van der Waals surface area contributed by atoms with Crippen molar-refractivity contribution in [3.8, 4) is 0 Å². The lowest BCUT2D eigenvalue weighted by Gasteiger charge is -2.12. The van der Waals surface area contributed by atoms with Crippen LogP contribution in [0.1, 0.15) is 16.3 Å². The number of rotatable bonds is 5. The summed E-state index contributed by atoms with van der Waals surface area (Å²) in [7, 11) is 3.07. The molecule has 0 aliphatic carbocycles. The van der Waals surface area contributed by atoms with Crippen molar-refractivity contribution in [3.05, 3.63) is 52.0 Å². The van der Waals surface area contributed by atoms with Crippen molar-refractivity contribution in [2.45, 2.75) is 12.8 Å². The van der Waals surface area contributed by atoms with Crippen LogP contribution in [-0.4, -0.2) is 30.1 Å². The average Bonchev–Trinajstić information content (AvgIpc) is 2.86. The number of hydrogen-bond donors (Lipinski definition) is 0. The van der Waals surface area contributed by atoms with Crippen LogP contribution in [0.3, 0.4) is 0 Å². The fraction of sp³-hybridized carbons (Fsp3) is 0.286. The summed E-state index contributed by atoms with van der Waals surface area (Å²) in [5.74, 6) is -0.0981. The number of carbonyl (C=O) groups excluding carboxylic acids is 1. The van der Waals surface area contributed by atoms with Crippen molar-refractivity contribution in [1.29, 1.82) is 0 Å². The summed E-state index contributed by atoms with van der Waals surface area (Å²) in [6.45, 7) is 0. The molecule has 1 aromatic heterocycles. The zero-order valence-electron chi connectivity index (χ0n) is 11.0. The minimum absolute atomic E-state index is 0.0981. The van der Waals surface area contributed by atoms with Crippen molar-refractivity contribution >= 4 is 17.2 Å². The minimum atomic E-state index is -0.0981. The topological polar surface area (TPSA) is 42.4 Å². The molecule has 0 aliphatic rings. The molecular formula is C14H16N2O2S. The lowest BCUT2D eigenvalue weighted by molar-refractivity contribution is -0.167. The van der Waals surface area contributed by atoms with Crippen LogP contribution in [0.15, 0.2) is 35.7 Å². The molecule has 0 spiro atoms. The first-order valence-electron chi connectivity index (χ1n) is 5.97. The summed E-state index contributed by atoms with van der Waals surface area (Å²) in [5, 5.41) is 4.17. The molecule has 2 aromatic rings. The summed E-state index contributed by atoms with van der Waals surface area (Å²) in [6.07, 6.45) is 1.08. The number of benzene rings is 1. The maximum atomic E-state index is 11.7. The predicted octanol–water partition coefficient (Wildman–Crippen LogP) is 2.30. The van der Waals surface area contributed by atoms with Gasteiger partial charge in [0.25, 0.3) is 5.91 Å². The van der Waals surface area contributed by atoms with Gasteiger partial charge in [-0.3, -0.25) is 9.63 Å². The Morgan fingerprint density at radius 2 is 2.11 bits per heavy atom. The fourth-order valence-electron chi connectivity index (χ4n) is 1.65. The second kappa shape index (κ2) is 6.45. The van der Waals surface area contributed by atoms with E-state index in [-0.39, 0.29) is 12.3 Å². The van der Waals surface area contributed by atoms with Crippen molar-refractivity contribution in [3.63, 3.8) is 0 Å². The maximum Gasteiger partial charge on any atom is 0.251 e. The normalized spacial score (nSPS) is 10.4. The SMILES string of the molecule is CON(C)C(=O)Cc1csc(Cc2ccccc2)n1. The Balaban J connectivity index is 1.98. The Morgan fingerprint density at radius 3 is 2.79 bits per heavy atom. The number of nitrogens with zero attached hydrogens (tertiary/aromatic N) is 2. The van der Waals surface area contributed by atoms with Crippen LogP contribution in [0.25, 0.3) is 0 Å². The number of likely N-dealkylation sites (N-methyl/N-ethyl adjacent to an activating group) is 1. The van der Waals surface area contributed by atoms with Crippen molar-refractivity contribution in [1.82, 2.24) is 10.0 Å². The van der Waals surface area contributed by atoms with E-state index in [1.54, 1.807) is 18.4 Å². The molecule has 1 aromatic carbocycles. The summed E-state index contributed by atoms with van der Waals surface area (Å²) in [6, 6.07) is 10.2. The number of hydroxylamine groups is 2. The van der Waals surface area contributed by atoms with Crippen LogP contribution in [-0.2, 0) is 22.5 Å². The number of aromatic nitrogens is 1. The zero-order chi connectivity index (χ0) is 13.7. The van der Waals surface area contributed by atoms with Gasteiger partial charge in [0.15, 0.2) is 0 Å². The molecule has 0 radical (unpaired) electrons. The van der Waals surface area contributed by atoms with Gasteiger partial charge in [-0.15, -0.1) is 11.3 Å². The van der Waals surface area contributed by atoms with Gasteiger partial charge in [0, 0.05) is 18.8 Å². The van der Waals surface area contributed by atoms with E-state index in [4.69, 9.17) is 4.84 Å². The Kier molecular flexibility index (Phi) is 4.65. The van der Waals surface area contributed by atoms with Crippen LogP contribution in [0, 0.1) is 0 Å². The van der Waals surface area contributed by atoms with Crippen molar-refractivity contribution in [2.24, 2.45) is 0 Å². The highest BCUT2D eigenvalue weighted by Crippen LogP contribution is 2.15. The molecule has 0 bridgehead atoms. The third-order valence-corrected chi connectivity index (χ3v) is 3.65. The molecule has 5 heteroatoms. The summed E-state index contributed by atoms with van der Waals surface area (Å²) < 4.78 is 0. The number of amides is 1. The maximum absolute atomic E-state index is 11.7. The van der Waals surface area contributed by atoms with Gasteiger partial charge >= 0.3 is 0 Å². The highest BCUT2D eigenvalue weighted by atomic mass is 32.1. The first-order chi connectivity index (χ1) is 9.19. The van der Waals surface area contributed by atoms with E-state index < -0.39 is 0 Å². The second-order valence-corrected chi connectivity index (χ2v) is 5.09. The lowest BCUT2D eigenvalue weighted by atomic mass is 10.2. The summed E-state index contributed by atoms with van der Waals surface area (Å²) in [4.78, 5) is 21.0. The molecule has 4 nitrogen and oxygen atoms in total. The quantitative estimate of drug-likeness (QED) is 0.787. The average molecular weight is 276 g/mol. The van der Waals surface area contributed by atoms with Gasteiger partial charge in [0.1, 0.15) is 0 Å². The molecule has 0 fully saturated rings. The third kappa shape index (κ3) is 3.87. The number of carbonyl (C=O) groups is 1. The van der Waals surface area contributed by atoms with Gasteiger partial charge in [0.2, 0.25) is 0 Å². The third-order valence-electron chi connectivity index (χ3n) is 2.75. The lowest BCUT2D eigenvalue weighted by Crippen LogP contribution is -2.27. The second-order valence-electron chi connectivity index (χ2n) is 4.15. The van der Waals surface area contributed by atoms with Gasteiger partial charge < -0.3 is 0 Å². The zero-order valence-corrected chi connectivity index (χ0v) is 11.8. The van der Waals surface area contributed by atoms with Gasteiger partial charge in [-0.1, -0.05) is 30.3 Å².